The highest BCUT2D eigenvalue weighted by molar-refractivity contribution is 7.89. The van der Waals surface area contributed by atoms with Crippen LogP contribution >= 0.6 is 0 Å². The molecule has 8 heteroatoms. The van der Waals surface area contributed by atoms with Crippen molar-refractivity contribution < 1.29 is 18.0 Å². The van der Waals surface area contributed by atoms with Crippen LogP contribution in [0.5, 0.6) is 0 Å². The molecule has 162 valence electrons. The van der Waals surface area contributed by atoms with Gasteiger partial charge in [0.1, 0.15) is 0 Å². The fourth-order valence-electron chi connectivity index (χ4n) is 2.69. The molecule has 2 N–H and O–H groups in total. The van der Waals surface area contributed by atoms with Crippen LogP contribution in [-0.4, -0.2) is 43.7 Å². The van der Waals surface area contributed by atoms with E-state index >= 15 is 0 Å². The molecule has 0 heterocycles. The van der Waals surface area contributed by atoms with Crippen molar-refractivity contribution in [3.05, 3.63) is 59.7 Å². The number of carbonyl (C=O) groups is 2. The van der Waals surface area contributed by atoms with E-state index in [0.717, 1.165) is 5.56 Å². The molecule has 0 spiro atoms. The fraction of sp³-hybridized carbons (Fsp3) is 0.364. The minimum absolute atomic E-state index is 0.0556. The van der Waals surface area contributed by atoms with E-state index in [-0.39, 0.29) is 35.2 Å². The average molecular weight is 432 g/mol. The third kappa shape index (κ3) is 6.14. The molecular weight excluding hydrogens is 402 g/mol. The van der Waals surface area contributed by atoms with Crippen molar-refractivity contribution in [2.24, 2.45) is 0 Å². The van der Waals surface area contributed by atoms with Crippen molar-refractivity contribution in [3.63, 3.8) is 0 Å². The highest BCUT2D eigenvalue weighted by atomic mass is 32.2. The zero-order valence-electron chi connectivity index (χ0n) is 18.0. The molecule has 30 heavy (non-hydrogen) atoms. The number of benzene rings is 2. The lowest BCUT2D eigenvalue weighted by Gasteiger charge is -2.21. The summed E-state index contributed by atoms with van der Waals surface area (Å²) in [5, 5.41) is 5.60. The van der Waals surface area contributed by atoms with Crippen LogP contribution in [-0.2, 0) is 21.2 Å². The van der Waals surface area contributed by atoms with E-state index in [1.807, 2.05) is 13.8 Å². The van der Waals surface area contributed by atoms with E-state index in [9.17, 15) is 18.0 Å². The number of nitrogens with one attached hydrogen (secondary N) is 2. The van der Waals surface area contributed by atoms with E-state index in [4.69, 9.17) is 0 Å². The number of hydrogen-bond acceptors (Lipinski definition) is 4. The molecule has 2 rings (SSSR count). The third-order valence-corrected chi connectivity index (χ3v) is 6.59. The summed E-state index contributed by atoms with van der Waals surface area (Å²) in [7, 11) is -2.07. The molecule has 0 aromatic heterocycles. The van der Waals surface area contributed by atoms with Gasteiger partial charge in [-0.2, -0.15) is 4.31 Å². The van der Waals surface area contributed by atoms with Crippen molar-refractivity contribution in [1.29, 1.82) is 0 Å². The first-order valence-corrected chi connectivity index (χ1v) is 11.2. The molecule has 0 aliphatic heterocycles. The maximum absolute atomic E-state index is 12.5. The van der Waals surface area contributed by atoms with E-state index in [0.29, 0.717) is 11.3 Å². The molecule has 0 aliphatic carbocycles. The van der Waals surface area contributed by atoms with Gasteiger partial charge in [-0.3, -0.25) is 9.59 Å². The predicted molar refractivity (Wildman–Crippen MR) is 118 cm³/mol. The van der Waals surface area contributed by atoms with E-state index in [1.165, 1.54) is 35.6 Å². The Hall–Kier alpha value is -2.71. The molecule has 0 radical (unpaired) electrons. The zero-order chi connectivity index (χ0) is 22.5. The Labute approximate surface area is 178 Å². The van der Waals surface area contributed by atoms with E-state index in [2.05, 4.69) is 10.6 Å². The van der Waals surface area contributed by atoms with Crippen molar-refractivity contribution in [2.45, 2.75) is 51.1 Å². The minimum Gasteiger partial charge on any atom is -0.354 e. The second-order valence-electron chi connectivity index (χ2n) is 7.69. The molecule has 0 atom stereocenters. The molecule has 0 aliphatic rings. The van der Waals surface area contributed by atoms with Crippen molar-refractivity contribution in [3.8, 4) is 0 Å². The summed E-state index contributed by atoms with van der Waals surface area (Å²) in [4.78, 5) is 24.4. The van der Waals surface area contributed by atoms with Crippen molar-refractivity contribution in [1.82, 2.24) is 9.62 Å². The molecule has 0 unspecified atom stereocenters. The van der Waals surface area contributed by atoms with Crippen molar-refractivity contribution in [2.75, 3.05) is 12.4 Å². The summed E-state index contributed by atoms with van der Waals surface area (Å²) in [5.74, 6) is -0.401. The van der Waals surface area contributed by atoms with Crippen LogP contribution in [0.25, 0.3) is 0 Å². The maximum atomic E-state index is 12.5. The highest BCUT2D eigenvalue weighted by Crippen LogP contribution is 2.18. The summed E-state index contributed by atoms with van der Waals surface area (Å²) < 4.78 is 26.3. The van der Waals surface area contributed by atoms with Crippen LogP contribution in [0, 0.1) is 0 Å². The lowest BCUT2D eigenvalue weighted by Crippen LogP contribution is -2.33. The highest BCUT2D eigenvalue weighted by Gasteiger charge is 2.23. The first-order valence-electron chi connectivity index (χ1n) is 9.78. The van der Waals surface area contributed by atoms with Crippen LogP contribution in [0.3, 0.4) is 0 Å². The minimum atomic E-state index is -3.59. The molecule has 2 aromatic rings. The number of rotatable bonds is 8. The second-order valence-corrected chi connectivity index (χ2v) is 9.69. The van der Waals surface area contributed by atoms with Gasteiger partial charge in [0.25, 0.3) is 5.91 Å². The zero-order valence-corrected chi connectivity index (χ0v) is 18.8. The number of amides is 2. The smallest absolute Gasteiger partial charge is 0.255 e. The Bertz CT molecular complexity index is 982. The Morgan fingerprint density at radius 2 is 1.50 bits per heavy atom. The first-order chi connectivity index (χ1) is 14.0. The molecule has 0 fully saturated rings. The number of hydrogen-bond donors (Lipinski definition) is 2. The first kappa shape index (κ1) is 23.6. The maximum Gasteiger partial charge on any atom is 0.255 e. The van der Waals surface area contributed by atoms with Crippen LogP contribution in [0.2, 0.25) is 0 Å². The summed E-state index contributed by atoms with van der Waals surface area (Å²) >= 11 is 0. The molecule has 0 bridgehead atoms. The third-order valence-electron chi connectivity index (χ3n) is 4.55. The second kappa shape index (κ2) is 9.86. The van der Waals surface area contributed by atoms with Gasteiger partial charge in [-0.25, -0.2) is 8.42 Å². The Balaban J connectivity index is 2.03. The van der Waals surface area contributed by atoms with E-state index in [1.54, 1.807) is 38.1 Å². The number of nitrogens with zero attached hydrogens (tertiary/aromatic N) is 1. The van der Waals surface area contributed by atoms with Gasteiger partial charge in [0, 0.05) is 30.4 Å². The molecular formula is C22H29N3O4S. The molecule has 2 aromatic carbocycles. The number of sulfonamides is 1. The monoisotopic (exact) mass is 431 g/mol. The summed E-state index contributed by atoms with van der Waals surface area (Å²) in [5.41, 5.74) is 1.78. The van der Waals surface area contributed by atoms with Gasteiger partial charge in [0.15, 0.2) is 0 Å². The summed E-state index contributed by atoms with van der Waals surface area (Å²) in [6.45, 7) is 7.39. The fourth-order valence-corrected chi connectivity index (χ4v) is 4.06. The molecule has 0 saturated carbocycles. The van der Waals surface area contributed by atoms with Gasteiger partial charge in [-0.15, -0.1) is 0 Å². The van der Waals surface area contributed by atoms with Crippen LogP contribution in [0.4, 0.5) is 5.69 Å². The summed E-state index contributed by atoms with van der Waals surface area (Å²) in [6, 6.07) is 12.8. The Morgan fingerprint density at radius 3 is 2.00 bits per heavy atom. The van der Waals surface area contributed by atoms with Gasteiger partial charge < -0.3 is 10.6 Å². The Kier molecular flexibility index (Phi) is 7.75. The van der Waals surface area contributed by atoms with Crippen LogP contribution < -0.4 is 10.6 Å². The average Bonchev–Trinajstić information content (AvgIpc) is 2.68. The number of carbonyl (C=O) groups excluding carboxylic acids is 2. The topological polar surface area (TPSA) is 95.6 Å². The van der Waals surface area contributed by atoms with Gasteiger partial charge in [0.2, 0.25) is 15.9 Å². The predicted octanol–water partition coefficient (Wildman–Crippen LogP) is 3.03. The molecule has 7 nitrogen and oxygen atoms in total. The van der Waals surface area contributed by atoms with Crippen LogP contribution in [0.1, 0.15) is 43.6 Å². The Morgan fingerprint density at radius 1 is 0.933 bits per heavy atom. The number of anilines is 1. The van der Waals surface area contributed by atoms with Crippen LogP contribution in [0.15, 0.2) is 53.4 Å². The van der Waals surface area contributed by atoms with Gasteiger partial charge >= 0.3 is 0 Å². The van der Waals surface area contributed by atoms with Gasteiger partial charge in [-0.05, 0) is 69.7 Å². The molecule has 0 saturated heterocycles. The normalized spacial score (nSPS) is 11.7. The van der Waals surface area contributed by atoms with Gasteiger partial charge in [0.05, 0.1) is 11.3 Å². The quantitative estimate of drug-likeness (QED) is 0.672. The van der Waals surface area contributed by atoms with E-state index < -0.39 is 10.0 Å². The largest absolute Gasteiger partial charge is 0.354 e. The SMILES string of the molecule is CC(C)NC(=O)Cc1ccc(NC(=O)c2ccc(S(=O)(=O)N(C)C(C)C)cc2)cc1. The lowest BCUT2D eigenvalue weighted by molar-refractivity contribution is -0.120. The standard InChI is InChI=1S/C22H29N3O4S/c1-15(2)23-21(26)14-17-6-10-19(11-7-17)24-22(27)18-8-12-20(13-9-18)30(28,29)25(5)16(3)4/h6-13,15-16H,14H2,1-5H3,(H,23,26)(H,24,27). The molecule has 2 amide bonds. The summed E-state index contributed by atoms with van der Waals surface area (Å²) in [6.07, 6.45) is 0.271. The van der Waals surface area contributed by atoms with Crippen molar-refractivity contribution >= 4 is 27.5 Å². The lowest BCUT2D eigenvalue weighted by atomic mass is 10.1. The van der Waals surface area contributed by atoms with Gasteiger partial charge in [-0.1, -0.05) is 12.1 Å².